The number of thioether (sulfide) groups is 1. The Morgan fingerprint density at radius 2 is 2.00 bits per heavy atom. The van der Waals surface area contributed by atoms with Gasteiger partial charge in [-0.25, -0.2) is 0 Å². The maximum absolute atomic E-state index is 10.3. The van der Waals surface area contributed by atoms with Crippen molar-refractivity contribution in [2.24, 2.45) is 0 Å². The molecule has 3 heteroatoms. The molecule has 0 aliphatic rings. The third kappa shape index (κ3) is 2.51. The summed E-state index contributed by atoms with van der Waals surface area (Å²) in [5.74, 6) is 1.32. The van der Waals surface area contributed by atoms with Crippen molar-refractivity contribution in [1.82, 2.24) is 0 Å². The first-order valence-electron chi connectivity index (χ1n) is 4.40. The van der Waals surface area contributed by atoms with Crippen LogP contribution in [0.4, 0.5) is 0 Å². The number of hydrogen-bond donors (Lipinski definition) is 0. The molecule has 0 aliphatic heterocycles. The van der Waals surface area contributed by atoms with E-state index >= 15 is 0 Å². The van der Waals surface area contributed by atoms with Crippen LogP contribution < -0.4 is 4.74 Å². The van der Waals surface area contributed by atoms with Crippen LogP contribution >= 0.6 is 11.8 Å². The van der Waals surface area contributed by atoms with Gasteiger partial charge >= 0.3 is 0 Å². The summed E-state index contributed by atoms with van der Waals surface area (Å²) in [6.07, 6.45) is 0.902. The Morgan fingerprint density at radius 3 is 2.57 bits per heavy atom. The van der Waals surface area contributed by atoms with Crippen molar-refractivity contribution in [2.45, 2.75) is 18.7 Å². The zero-order chi connectivity index (χ0) is 10.6. The number of aldehydes is 1. The molecule has 0 N–H and O–H groups in total. The van der Waals surface area contributed by atoms with Gasteiger partial charge in [0, 0.05) is 0 Å². The molecule has 0 aliphatic carbocycles. The van der Waals surface area contributed by atoms with Crippen LogP contribution in [-0.2, 0) is 4.79 Å². The van der Waals surface area contributed by atoms with Gasteiger partial charge in [-0.05, 0) is 37.1 Å². The van der Waals surface area contributed by atoms with E-state index in [1.807, 2.05) is 13.0 Å². The van der Waals surface area contributed by atoms with E-state index in [1.54, 1.807) is 7.11 Å². The van der Waals surface area contributed by atoms with Gasteiger partial charge in [-0.3, -0.25) is 0 Å². The lowest BCUT2D eigenvalue weighted by molar-refractivity contribution is -0.105. The molecule has 0 amide bonds. The summed E-state index contributed by atoms with van der Waals surface area (Å²) in [7, 11) is 1.65. The molecular formula is C11H14O2S. The second-order valence-corrected chi connectivity index (χ2v) is 4.13. The molecule has 0 aromatic heterocycles. The summed E-state index contributed by atoms with van der Waals surface area (Å²) in [4.78, 5) is 11.3. The number of rotatable bonds is 4. The normalized spacial score (nSPS) is 9.93. The topological polar surface area (TPSA) is 26.3 Å². The van der Waals surface area contributed by atoms with Crippen LogP contribution in [0.1, 0.15) is 11.1 Å². The van der Waals surface area contributed by atoms with Crippen molar-refractivity contribution in [3.05, 3.63) is 23.3 Å². The van der Waals surface area contributed by atoms with Gasteiger partial charge in [0.1, 0.15) is 12.0 Å². The van der Waals surface area contributed by atoms with Gasteiger partial charge < -0.3 is 9.53 Å². The number of methoxy groups -OCH3 is 1. The van der Waals surface area contributed by atoms with Crippen LogP contribution in [-0.4, -0.2) is 19.1 Å². The molecule has 0 bridgehead atoms. The Labute approximate surface area is 88.7 Å². The lowest BCUT2D eigenvalue weighted by Crippen LogP contribution is -1.91. The molecule has 0 saturated carbocycles. The molecule has 0 fully saturated rings. The van der Waals surface area contributed by atoms with Crippen molar-refractivity contribution >= 4 is 18.0 Å². The van der Waals surface area contributed by atoms with Crippen LogP contribution in [0.25, 0.3) is 0 Å². The second kappa shape index (κ2) is 5.05. The minimum Gasteiger partial charge on any atom is -0.496 e. The minimum absolute atomic E-state index is 0.471. The zero-order valence-electron chi connectivity index (χ0n) is 8.66. The number of hydrogen-bond acceptors (Lipinski definition) is 3. The monoisotopic (exact) mass is 210 g/mol. The van der Waals surface area contributed by atoms with E-state index in [2.05, 4.69) is 13.0 Å². The summed E-state index contributed by atoms with van der Waals surface area (Å²) in [5, 5.41) is 0. The molecule has 2 nitrogen and oxygen atoms in total. The van der Waals surface area contributed by atoms with E-state index in [9.17, 15) is 4.79 Å². The van der Waals surface area contributed by atoms with E-state index in [1.165, 1.54) is 22.9 Å². The number of aryl methyl sites for hydroxylation is 2. The Bertz CT molecular complexity index is 334. The molecule has 1 rings (SSSR count). The van der Waals surface area contributed by atoms with Crippen molar-refractivity contribution in [1.29, 1.82) is 0 Å². The second-order valence-electron chi connectivity index (χ2n) is 3.06. The summed E-state index contributed by atoms with van der Waals surface area (Å²) in [6, 6.07) is 4.06. The summed E-state index contributed by atoms with van der Waals surface area (Å²) in [6.45, 7) is 4.10. The number of benzene rings is 1. The lowest BCUT2D eigenvalue weighted by Gasteiger charge is -2.09. The minimum atomic E-state index is 0.471. The van der Waals surface area contributed by atoms with Gasteiger partial charge in [0.05, 0.1) is 17.8 Å². The van der Waals surface area contributed by atoms with Gasteiger partial charge in [0.15, 0.2) is 0 Å². The number of carbonyl (C=O) groups excluding carboxylic acids is 1. The highest BCUT2D eigenvalue weighted by Crippen LogP contribution is 2.31. The molecule has 0 spiro atoms. The summed E-state index contributed by atoms with van der Waals surface area (Å²) in [5.41, 5.74) is 2.43. The average Bonchev–Trinajstić information content (AvgIpc) is 2.19. The van der Waals surface area contributed by atoms with Crippen LogP contribution in [0.3, 0.4) is 0 Å². The van der Waals surface area contributed by atoms with Gasteiger partial charge in [0.2, 0.25) is 0 Å². The molecular weight excluding hydrogens is 196 g/mol. The Morgan fingerprint density at radius 1 is 1.36 bits per heavy atom. The molecule has 14 heavy (non-hydrogen) atoms. The fourth-order valence-corrected chi connectivity index (χ4v) is 1.95. The van der Waals surface area contributed by atoms with E-state index < -0.39 is 0 Å². The van der Waals surface area contributed by atoms with Gasteiger partial charge in [-0.15, -0.1) is 11.8 Å². The smallest absolute Gasteiger partial charge is 0.132 e. The summed E-state index contributed by atoms with van der Waals surface area (Å²) < 4.78 is 5.24. The fraction of sp³-hybridized carbons (Fsp3) is 0.364. The van der Waals surface area contributed by atoms with Gasteiger partial charge in [0.25, 0.3) is 0 Å². The molecule has 0 saturated heterocycles. The van der Waals surface area contributed by atoms with Gasteiger partial charge in [-0.2, -0.15) is 0 Å². The van der Waals surface area contributed by atoms with Crippen LogP contribution in [0.5, 0.6) is 5.75 Å². The van der Waals surface area contributed by atoms with Crippen molar-refractivity contribution in [2.75, 3.05) is 12.9 Å². The lowest BCUT2D eigenvalue weighted by atomic mass is 10.1. The quantitative estimate of drug-likeness (QED) is 0.564. The number of carbonyl (C=O) groups is 1. The van der Waals surface area contributed by atoms with E-state index in [-0.39, 0.29) is 0 Å². The first-order valence-corrected chi connectivity index (χ1v) is 5.39. The molecule has 0 radical (unpaired) electrons. The Balaban J connectivity index is 3.00. The van der Waals surface area contributed by atoms with Crippen molar-refractivity contribution in [3.63, 3.8) is 0 Å². The molecule has 1 aromatic rings. The molecule has 0 unspecified atom stereocenters. The SMILES string of the molecule is COc1cc(C)c(C)cc1SCC=O. The maximum Gasteiger partial charge on any atom is 0.132 e. The van der Waals surface area contributed by atoms with E-state index in [4.69, 9.17) is 4.74 Å². The molecule has 0 heterocycles. The fourth-order valence-electron chi connectivity index (χ4n) is 1.16. The Kier molecular flexibility index (Phi) is 4.01. The molecule has 1 aromatic carbocycles. The largest absolute Gasteiger partial charge is 0.496 e. The zero-order valence-corrected chi connectivity index (χ0v) is 9.48. The highest BCUT2D eigenvalue weighted by molar-refractivity contribution is 8.00. The molecule has 0 atom stereocenters. The standard InChI is InChI=1S/C11H14O2S/c1-8-6-10(13-3)11(7-9(8)2)14-5-4-12/h4,6-7H,5H2,1-3H3. The first kappa shape index (κ1) is 11.1. The number of ether oxygens (including phenoxy) is 1. The highest BCUT2D eigenvalue weighted by atomic mass is 32.2. The van der Waals surface area contributed by atoms with E-state index in [0.717, 1.165) is 16.9 Å². The third-order valence-electron chi connectivity index (χ3n) is 2.09. The summed E-state index contributed by atoms with van der Waals surface area (Å²) >= 11 is 1.50. The van der Waals surface area contributed by atoms with E-state index in [0.29, 0.717) is 5.75 Å². The maximum atomic E-state index is 10.3. The van der Waals surface area contributed by atoms with Crippen LogP contribution in [0.15, 0.2) is 17.0 Å². The molecule has 76 valence electrons. The third-order valence-corrected chi connectivity index (χ3v) is 3.02. The predicted octanol–water partition coefficient (Wildman–Crippen LogP) is 2.60. The first-order chi connectivity index (χ1) is 6.69. The van der Waals surface area contributed by atoms with Crippen LogP contribution in [0.2, 0.25) is 0 Å². The van der Waals surface area contributed by atoms with Crippen LogP contribution in [0, 0.1) is 13.8 Å². The average molecular weight is 210 g/mol. The Hall–Kier alpha value is -0.960. The predicted molar refractivity (Wildman–Crippen MR) is 59.3 cm³/mol. The van der Waals surface area contributed by atoms with Gasteiger partial charge in [-0.1, -0.05) is 0 Å². The highest BCUT2D eigenvalue weighted by Gasteiger charge is 2.05. The van der Waals surface area contributed by atoms with Crippen molar-refractivity contribution < 1.29 is 9.53 Å². The van der Waals surface area contributed by atoms with Crippen molar-refractivity contribution in [3.8, 4) is 5.75 Å².